The lowest BCUT2D eigenvalue weighted by atomic mass is 9.92. The Hall–Kier alpha value is -1.67. The second kappa shape index (κ2) is 5.32. The Balaban J connectivity index is 2.48. The third-order valence-electron chi connectivity index (χ3n) is 3.39. The van der Waals surface area contributed by atoms with E-state index in [-0.39, 0.29) is 6.04 Å². The molecule has 94 valence electrons. The summed E-state index contributed by atoms with van der Waals surface area (Å²) < 4.78 is 0. The highest BCUT2D eigenvalue weighted by Gasteiger charge is 2.16. The van der Waals surface area contributed by atoms with Crippen LogP contribution < -0.4 is 5.32 Å². The van der Waals surface area contributed by atoms with Gasteiger partial charge in [0.15, 0.2) is 0 Å². The Kier molecular flexibility index (Phi) is 3.78. The molecule has 1 atom stereocenters. The number of aromatic nitrogens is 1. The number of pyridine rings is 1. The Morgan fingerprint density at radius 3 is 2.17 bits per heavy atom. The van der Waals surface area contributed by atoms with Gasteiger partial charge in [-0.2, -0.15) is 0 Å². The van der Waals surface area contributed by atoms with Gasteiger partial charge in [-0.25, -0.2) is 0 Å². The average Bonchev–Trinajstić information content (AvgIpc) is 2.35. The predicted molar refractivity (Wildman–Crippen MR) is 75.8 cm³/mol. The van der Waals surface area contributed by atoms with Gasteiger partial charge in [0.1, 0.15) is 0 Å². The standard InChI is InChI=1S/C16H20N2/c1-11-6-5-7-12(2)15(11)16(17-4)14-9-8-13(3)18-10-14/h5-10,16-17H,1-4H3. The van der Waals surface area contributed by atoms with Crippen LogP contribution in [0.1, 0.15) is 34.0 Å². The lowest BCUT2D eigenvalue weighted by Crippen LogP contribution is -2.20. The molecule has 0 aliphatic heterocycles. The molecule has 0 aliphatic carbocycles. The van der Waals surface area contributed by atoms with Crippen molar-refractivity contribution in [2.75, 3.05) is 7.05 Å². The third-order valence-corrected chi connectivity index (χ3v) is 3.39. The van der Waals surface area contributed by atoms with Crippen molar-refractivity contribution >= 4 is 0 Å². The molecule has 2 nitrogen and oxygen atoms in total. The van der Waals surface area contributed by atoms with E-state index in [0.717, 1.165) is 5.69 Å². The molecule has 0 spiro atoms. The lowest BCUT2D eigenvalue weighted by Gasteiger charge is -2.21. The highest BCUT2D eigenvalue weighted by molar-refractivity contribution is 5.41. The van der Waals surface area contributed by atoms with Gasteiger partial charge < -0.3 is 5.32 Å². The molecule has 1 heterocycles. The summed E-state index contributed by atoms with van der Waals surface area (Å²) in [6, 6.07) is 10.8. The molecule has 1 unspecified atom stereocenters. The first-order chi connectivity index (χ1) is 8.63. The minimum atomic E-state index is 0.208. The van der Waals surface area contributed by atoms with Gasteiger partial charge in [0.25, 0.3) is 0 Å². The van der Waals surface area contributed by atoms with Gasteiger partial charge >= 0.3 is 0 Å². The van der Waals surface area contributed by atoms with E-state index in [2.05, 4.69) is 54.5 Å². The number of rotatable bonds is 3. The number of nitrogens with zero attached hydrogens (tertiary/aromatic N) is 1. The fourth-order valence-corrected chi connectivity index (χ4v) is 2.41. The van der Waals surface area contributed by atoms with E-state index in [1.54, 1.807) is 0 Å². The van der Waals surface area contributed by atoms with E-state index in [1.807, 2.05) is 20.2 Å². The van der Waals surface area contributed by atoms with Gasteiger partial charge in [-0.15, -0.1) is 0 Å². The van der Waals surface area contributed by atoms with E-state index in [4.69, 9.17) is 0 Å². The van der Waals surface area contributed by atoms with Crippen molar-refractivity contribution in [2.24, 2.45) is 0 Å². The zero-order valence-electron chi connectivity index (χ0n) is 11.5. The van der Waals surface area contributed by atoms with Crippen LogP contribution in [0.2, 0.25) is 0 Å². The van der Waals surface area contributed by atoms with E-state index >= 15 is 0 Å². The van der Waals surface area contributed by atoms with Crippen molar-refractivity contribution in [1.29, 1.82) is 0 Å². The zero-order valence-corrected chi connectivity index (χ0v) is 11.5. The number of nitrogens with one attached hydrogen (secondary N) is 1. The summed E-state index contributed by atoms with van der Waals surface area (Å²) in [5, 5.41) is 3.40. The molecule has 2 aromatic rings. The molecule has 0 saturated heterocycles. The molecular weight excluding hydrogens is 220 g/mol. The van der Waals surface area contributed by atoms with Crippen LogP contribution in [0.25, 0.3) is 0 Å². The second-order valence-corrected chi connectivity index (χ2v) is 4.76. The lowest BCUT2D eigenvalue weighted by molar-refractivity contribution is 0.679. The minimum Gasteiger partial charge on any atom is -0.309 e. The van der Waals surface area contributed by atoms with E-state index in [9.17, 15) is 0 Å². The number of aryl methyl sites for hydroxylation is 3. The van der Waals surface area contributed by atoms with Gasteiger partial charge in [0.05, 0.1) is 6.04 Å². The average molecular weight is 240 g/mol. The Bertz CT molecular complexity index is 509. The van der Waals surface area contributed by atoms with Crippen LogP contribution in [-0.2, 0) is 0 Å². The van der Waals surface area contributed by atoms with Crippen molar-refractivity contribution in [1.82, 2.24) is 10.3 Å². The maximum atomic E-state index is 4.39. The Labute approximate surface area is 109 Å². The smallest absolute Gasteiger partial charge is 0.0594 e. The predicted octanol–water partition coefficient (Wildman–Crippen LogP) is 3.32. The molecule has 0 bridgehead atoms. The fourth-order valence-electron chi connectivity index (χ4n) is 2.41. The molecule has 0 fully saturated rings. The largest absolute Gasteiger partial charge is 0.309 e. The summed E-state index contributed by atoms with van der Waals surface area (Å²) in [5.74, 6) is 0. The molecular formula is C16H20N2. The molecule has 1 N–H and O–H groups in total. The van der Waals surface area contributed by atoms with Crippen molar-refractivity contribution in [2.45, 2.75) is 26.8 Å². The van der Waals surface area contributed by atoms with Gasteiger partial charge in [-0.05, 0) is 56.1 Å². The van der Waals surface area contributed by atoms with Gasteiger partial charge in [-0.1, -0.05) is 24.3 Å². The molecule has 1 aromatic heterocycles. The first-order valence-corrected chi connectivity index (χ1v) is 6.29. The van der Waals surface area contributed by atoms with E-state index in [0.29, 0.717) is 0 Å². The summed E-state index contributed by atoms with van der Waals surface area (Å²) in [5.41, 5.74) is 6.24. The van der Waals surface area contributed by atoms with Gasteiger partial charge in [-0.3, -0.25) is 4.98 Å². The van der Waals surface area contributed by atoms with Crippen LogP contribution in [0.5, 0.6) is 0 Å². The van der Waals surface area contributed by atoms with Crippen LogP contribution in [0.15, 0.2) is 36.5 Å². The monoisotopic (exact) mass is 240 g/mol. The van der Waals surface area contributed by atoms with E-state index < -0.39 is 0 Å². The summed E-state index contributed by atoms with van der Waals surface area (Å²) in [6.07, 6.45) is 1.96. The first-order valence-electron chi connectivity index (χ1n) is 6.29. The third kappa shape index (κ3) is 2.44. The highest BCUT2D eigenvalue weighted by Crippen LogP contribution is 2.27. The normalized spacial score (nSPS) is 12.4. The molecule has 0 radical (unpaired) electrons. The Morgan fingerprint density at radius 2 is 1.67 bits per heavy atom. The maximum absolute atomic E-state index is 4.39. The van der Waals surface area contributed by atoms with Crippen molar-refractivity contribution in [3.8, 4) is 0 Å². The van der Waals surface area contributed by atoms with E-state index in [1.165, 1.54) is 22.3 Å². The molecule has 2 rings (SSSR count). The van der Waals surface area contributed by atoms with Crippen LogP contribution in [0.4, 0.5) is 0 Å². The van der Waals surface area contributed by atoms with Crippen molar-refractivity contribution in [3.63, 3.8) is 0 Å². The zero-order chi connectivity index (χ0) is 13.1. The maximum Gasteiger partial charge on any atom is 0.0594 e. The highest BCUT2D eigenvalue weighted by atomic mass is 14.9. The molecule has 2 heteroatoms. The summed E-state index contributed by atoms with van der Waals surface area (Å²) in [6.45, 7) is 6.33. The SMILES string of the molecule is CNC(c1ccc(C)nc1)c1c(C)cccc1C. The first kappa shape index (κ1) is 12.8. The molecule has 0 amide bonds. The van der Waals surface area contributed by atoms with Crippen molar-refractivity contribution in [3.05, 3.63) is 64.5 Å². The van der Waals surface area contributed by atoms with Crippen LogP contribution in [0, 0.1) is 20.8 Å². The van der Waals surface area contributed by atoms with Gasteiger partial charge in [0, 0.05) is 11.9 Å². The van der Waals surface area contributed by atoms with Crippen molar-refractivity contribution < 1.29 is 0 Å². The Morgan fingerprint density at radius 1 is 1.00 bits per heavy atom. The van der Waals surface area contributed by atoms with Gasteiger partial charge in [0.2, 0.25) is 0 Å². The molecule has 1 aromatic carbocycles. The number of benzene rings is 1. The molecule has 18 heavy (non-hydrogen) atoms. The second-order valence-electron chi connectivity index (χ2n) is 4.76. The summed E-state index contributed by atoms with van der Waals surface area (Å²) in [4.78, 5) is 4.39. The number of hydrogen-bond acceptors (Lipinski definition) is 2. The quantitative estimate of drug-likeness (QED) is 0.890. The topological polar surface area (TPSA) is 24.9 Å². The van der Waals surface area contributed by atoms with Crippen LogP contribution in [-0.4, -0.2) is 12.0 Å². The summed E-state index contributed by atoms with van der Waals surface area (Å²) >= 11 is 0. The molecule has 0 saturated carbocycles. The van der Waals surface area contributed by atoms with Crippen LogP contribution >= 0.6 is 0 Å². The minimum absolute atomic E-state index is 0.208. The number of hydrogen-bond donors (Lipinski definition) is 1. The van der Waals surface area contributed by atoms with Crippen LogP contribution in [0.3, 0.4) is 0 Å². The molecule has 0 aliphatic rings. The summed E-state index contributed by atoms with van der Waals surface area (Å²) in [7, 11) is 2.00. The fraction of sp³-hybridized carbons (Fsp3) is 0.312.